The molecule has 0 amide bonds. The van der Waals surface area contributed by atoms with Gasteiger partial charge in [0.05, 0.1) is 18.2 Å². The van der Waals surface area contributed by atoms with Crippen molar-refractivity contribution in [1.29, 1.82) is 0 Å². The fraction of sp³-hybridized carbons (Fsp3) is 0.286. The van der Waals surface area contributed by atoms with E-state index in [2.05, 4.69) is 26.2 Å². The number of benzene rings is 2. The van der Waals surface area contributed by atoms with Gasteiger partial charge in [-0.1, -0.05) is 18.2 Å². The van der Waals surface area contributed by atoms with Crippen molar-refractivity contribution in [3.8, 4) is 11.5 Å². The Kier molecular flexibility index (Phi) is 6.59. The first-order valence-electron chi connectivity index (χ1n) is 9.03. The highest BCUT2D eigenvalue weighted by Crippen LogP contribution is 2.36. The molecule has 148 valence electrons. The van der Waals surface area contributed by atoms with Gasteiger partial charge in [0.25, 0.3) is 0 Å². The van der Waals surface area contributed by atoms with Crippen LogP contribution in [0.25, 0.3) is 10.9 Å². The Bertz CT molecular complexity index is 970. The Morgan fingerprint density at radius 2 is 2.11 bits per heavy atom. The van der Waals surface area contributed by atoms with Crippen LogP contribution in [0.5, 0.6) is 11.5 Å². The van der Waals surface area contributed by atoms with Crippen LogP contribution in [0, 0.1) is 0 Å². The van der Waals surface area contributed by atoms with Gasteiger partial charge in [-0.2, -0.15) is 0 Å². The molecule has 1 aromatic heterocycles. The zero-order chi connectivity index (χ0) is 20.1. The topological polar surface area (TPSA) is 83.6 Å². The molecular formula is C21H23BrN2O4. The van der Waals surface area contributed by atoms with E-state index in [1.165, 1.54) is 0 Å². The Balaban J connectivity index is 1.76. The van der Waals surface area contributed by atoms with E-state index in [0.717, 1.165) is 26.5 Å². The predicted octanol–water partition coefficient (Wildman–Crippen LogP) is 4.12. The van der Waals surface area contributed by atoms with E-state index < -0.39 is 12.0 Å². The number of aromatic amines is 1. The fourth-order valence-corrected chi connectivity index (χ4v) is 3.84. The standard InChI is InChI=1S/C21H23BrN2O4/c1-3-28-19-9-13(8-16(22)20(19)27-2)11-23-18(21(25)26)10-14-12-24-17-7-5-4-6-15(14)17/h4-9,12,18,23-24H,3,10-11H2,1-2H3,(H,25,26)/t18-/m1/s1. The Labute approximate surface area is 172 Å². The second-order valence-corrected chi connectivity index (χ2v) is 7.23. The van der Waals surface area contributed by atoms with Gasteiger partial charge in [-0.3, -0.25) is 4.79 Å². The SMILES string of the molecule is CCOc1cc(CN[C@H](Cc2c[nH]c3ccccc23)C(=O)O)cc(Br)c1OC. The number of carbonyl (C=O) groups is 1. The van der Waals surface area contributed by atoms with Crippen LogP contribution in [0.2, 0.25) is 0 Å². The number of carboxylic acid groups (broad SMARTS) is 1. The highest BCUT2D eigenvalue weighted by atomic mass is 79.9. The Morgan fingerprint density at radius 3 is 2.82 bits per heavy atom. The van der Waals surface area contributed by atoms with Crippen LogP contribution in [0.1, 0.15) is 18.1 Å². The highest BCUT2D eigenvalue weighted by molar-refractivity contribution is 9.10. The van der Waals surface area contributed by atoms with E-state index >= 15 is 0 Å². The number of aliphatic carboxylic acids is 1. The molecule has 0 radical (unpaired) electrons. The molecular weight excluding hydrogens is 424 g/mol. The first-order valence-corrected chi connectivity index (χ1v) is 9.83. The zero-order valence-electron chi connectivity index (χ0n) is 15.8. The molecule has 3 N–H and O–H groups in total. The van der Waals surface area contributed by atoms with E-state index in [4.69, 9.17) is 9.47 Å². The average Bonchev–Trinajstić information content (AvgIpc) is 3.08. The van der Waals surface area contributed by atoms with E-state index in [0.29, 0.717) is 31.1 Å². The van der Waals surface area contributed by atoms with Crippen LogP contribution in [0.3, 0.4) is 0 Å². The molecule has 3 rings (SSSR count). The molecule has 0 unspecified atom stereocenters. The number of carboxylic acids is 1. The highest BCUT2D eigenvalue weighted by Gasteiger charge is 2.20. The van der Waals surface area contributed by atoms with Crippen molar-refractivity contribution >= 4 is 32.8 Å². The summed E-state index contributed by atoms with van der Waals surface area (Å²) in [7, 11) is 1.59. The predicted molar refractivity (Wildman–Crippen MR) is 112 cm³/mol. The van der Waals surface area contributed by atoms with Crippen LogP contribution in [0.15, 0.2) is 47.1 Å². The smallest absolute Gasteiger partial charge is 0.321 e. The number of para-hydroxylation sites is 1. The lowest BCUT2D eigenvalue weighted by atomic mass is 10.0. The number of hydrogen-bond donors (Lipinski definition) is 3. The number of methoxy groups -OCH3 is 1. The molecule has 0 aliphatic carbocycles. The summed E-state index contributed by atoms with van der Waals surface area (Å²) >= 11 is 3.49. The van der Waals surface area contributed by atoms with Crippen LogP contribution < -0.4 is 14.8 Å². The molecule has 0 saturated carbocycles. The van der Waals surface area contributed by atoms with E-state index in [9.17, 15) is 9.90 Å². The number of aromatic nitrogens is 1. The lowest BCUT2D eigenvalue weighted by Gasteiger charge is -2.17. The van der Waals surface area contributed by atoms with Gasteiger partial charge in [-0.05, 0) is 52.2 Å². The molecule has 0 aliphatic heterocycles. The van der Waals surface area contributed by atoms with Gasteiger partial charge in [-0.25, -0.2) is 0 Å². The second-order valence-electron chi connectivity index (χ2n) is 6.38. The van der Waals surface area contributed by atoms with Crippen LogP contribution in [0.4, 0.5) is 0 Å². The van der Waals surface area contributed by atoms with E-state index in [1.807, 2.05) is 49.5 Å². The minimum absolute atomic E-state index is 0.384. The van der Waals surface area contributed by atoms with Gasteiger partial charge in [-0.15, -0.1) is 0 Å². The minimum Gasteiger partial charge on any atom is -0.492 e. The molecule has 0 bridgehead atoms. The number of hydrogen-bond acceptors (Lipinski definition) is 4. The number of fused-ring (bicyclic) bond motifs is 1. The lowest BCUT2D eigenvalue weighted by Crippen LogP contribution is -2.38. The molecule has 28 heavy (non-hydrogen) atoms. The number of H-pyrrole nitrogens is 1. The summed E-state index contributed by atoms with van der Waals surface area (Å²) in [5.74, 6) is 0.363. The molecule has 6 nitrogen and oxygen atoms in total. The van der Waals surface area contributed by atoms with Gasteiger partial charge in [0, 0.05) is 30.1 Å². The first kappa shape index (κ1) is 20.2. The fourth-order valence-electron chi connectivity index (χ4n) is 3.19. The maximum absolute atomic E-state index is 11.8. The van der Waals surface area contributed by atoms with Crippen molar-refractivity contribution in [2.24, 2.45) is 0 Å². The summed E-state index contributed by atoms with van der Waals surface area (Å²) in [5.41, 5.74) is 2.88. The van der Waals surface area contributed by atoms with Gasteiger partial charge in [0.2, 0.25) is 0 Å². The third kappa shape index (κ3) is 4.48. The Hall–Kier alpha value is -2.51. The van der Waals surface area contributed by atoms with Crippen LogP contribution in [-0.4, -0.2) is 35.8 Å². The maximum atomic E-state index is 11.8. The average molecular weight is 447 g/mol. The molecule has 0 aliphatic rings. The number of nitrogens with one attached hydrogen (secondary N) is 2. The van der Waals surface area contributed by atoms with Gasteiger partial charge >= 0.3 is 5.97 Å². The zero-order valence-corrected chi connectivity index (χ0v) is 17.4. The molecule has 1 atom stereocenters. The third-order valence-electron chi connectivity index (χ3n) is 4.52. The normalized spacial score (nSPS) is 12.1. The summed E-state index contributed by atoms with van der Waals surface area (Å²) in [4.78, 5) is 15.0. The van der Waals surface area contributed by atoms with Crippen LogP contribution in [-0.2, 0) is 17.8 Å². The maximum Gasteiger partial charge on any atom is 0.321 e. The third-order valence-corrected chi connectivity index (χ3v) is 5.11. The molecule has 7 heteroatoms. The number of rotatable bonds is 9. The molecule has 3 aromatic rings. The summed E-state index contributed by atoms with van der Waals surface area (Å²) in [6.45, 7) is 2.81. The summed E-state index contributed by atoms with van der Waals surface area (Å²) in [6, 6.07) is 10.9. The van der Waals surface area contributed by atoms with Crippen molar-refractivity contribution in [2.45, 2.75) is 25.9 Å². The second kappa shape index (κ2) is 9.12. The first-order chi connectivity index (χ1) is 13.5. The molecule has 0 spiro atoms. The van der Waals surface area contributed by atoms with Crippen molar-refractivity contribution in [3.63, 3.8) is 0 Å². The minimum atomic E-state index is -0.886. The molecule has 0 fully saturated rings. The van der Waals surface area contributed by atoms with Crippen molar-refractivity contribution in [1.82, 2.24) is 10.3 Å². The summed E-state index contributed by atoms with van der Waals surface area (Å²) < 4.78 is 11.8. The number of ether oxygens (including phenoxy) is 2. The van der Waals surface area contributed by atoms with Gasteiger partial charge in [0.15, 0.2) is 11.5 Å². The van der Waals surface area contributed by atoms with Crippen molar-refractivity contribution in [2.75, 3.05) is 13.7 Å². The lowest BCUT2D eigenvalue weighted by molar-refractivity contribution is -0.139. The van der Waals surface area contributed by atoms with Gasteiger partial charge in [0.1, 0.15) is 6.04 Å². The van der Waals surface area contributed by atoms with E-state index in [1.54, 1.807) is 7.11 Å². The largest absolute Gasteiger partial charge is 0.492 e. The summed E-state index contributed by atoms with van der Waals surface area (Å²) in [6.07, 6.45) is 2.26. The van der Waals surface area contributed by atoms with Crippen LogP contribution >= 0.6 is 15.9 Å². The number of halogens is 1. The van der Waals surface area contributed by atoms with Crippen molar-refractivity contribution < 1.29 is 19.4 Å². The quantitative estimate of drug-likeness (QED) is 0.460. The Morgan fingerprint density at radius 1 is 1.32 bits per heavy atom. The summed E-state index contributed by atoms with van der Waals surface area (Å²) in [5, 5.41) is 13.9. The van der Waals surface area contributed by atoms with Gasteiger partial charge < -0.3 is 24.9 Å². The molecule has 1 heterocycles. The molecule has 0 saturated heterocycles. The monoisotopic (exact) mass is 446 g/mol. The van der Waals surface area contributed by atoms with E-state index in [-0.39, 0.29) is 0 Å². The molecule has 2 aromatic carbocycles. The van der Waals surface area contributed by atoms with Crippen molar-refractivity contribution in [3.05, 3.63) is 58.2 Å².